The molecule has 11 heteroatoms. The van der Waals surface area contributed by atoms with Gasteiger partial charge in [-0.15, -0.1) is 12.4 Å². The molecule has 1 aliphatic heterocycles. The van der Waals surface area contributed by atoms with Gasteiger partial charge < -0.3 is 24.5 Å². The van der Waals surface area contributed by atoms with Crippen molar-refractivity contribution in [2.75, 3.05) is 19.7 Å². The van der Waals surface area contributed by atoms with Gasteiger partial charge >= 0.3 is 12.1 Å². The van der Waals surface area contributed by atoms with Crippen LogP contribution in [0.25, 0.3) is 11.0 Å². The number of rotatable bonds is 10. The number of nitrogens with zero attached hydrogens (tertiary/aromatic N) is 1. The molecule has 1 atom stereocenters. The van der Waals surface area contributed by atoms with E-state index in [4.69, 9.17) is 13.9 Å². The number of hydrogen-bond donors (Lipinski definition) is 3. The van der Waals surface area contributed by atoms with E-state index in [1.807, 2.05) is 54.6 Å². The number of ether oxygens (including phenoxy) is 2. The summed E-state index contributed by atoms with van der Waals surface area (Å²) in [4.78, 5) is 41.4. The molecule has 0 saturated carbocycles. The van der Waals surface area contributed by atoms with E-state index >= 15 is 0 Å². The zero-order valence-corrected chi connectivity index (χ0v) is 22.6. The normalized spacial score (nSPS) is 13.3. The second-order valence-corrected chi connectivity index (χ2v) is 8.86. The topological polar surface area (TPSA) is 131 Å². The fourth-order valence-corrected chi connectivity index (χ4v) is 4.02. The SMILES string of the molecule is CCOC(=O)C(Cc1cc2cc(CCC(=O)NC3=NCCCN3)ccc2o1)NC(=O)OCc1ccccc1.Cl. The standard InChI is InChI=1S/C28H32N4O6.ClH/c1-2-36-26(34)23(31-28(35)37-18-20-7-4-3-5-8-20)17-22-16-21-15-19(9-11-24(21)38-22)10-12-25(33)32-27-29-13-6-14-30-27;/h3-5,7-9,11,15-16,23H,2,6,10,12-14,17-18H2,1H3,(H,31,35)(H2,29,30,32,33);1H. The average Bonchev–Trinajstić information content (AvgIpc) is 3.33. The molecule has 1 aliphatic rings. The van der Waals surface area contributed by atoms with Gasteiger partial charge in [0.15, 0.2) is 5.96 Å². The summed E-state index contributed by atoms with van der Waals surface area (Å²) in [5.41, 5.74) is 2.45. The summed E-state index contributed by atoms with van der Waals surface area (Å²) in [5.74, 6) is 0.365. The van der Waals surface area contributed by atoms with Gasteiger partial charge in [-0.25, -0.2) is 9.59 Å². The number of halogens is 1. The second kappa shape index (κ2) is 14.8. The zero-order chi connectivity index (χ0) is 26.7. The second-order valence-electron chi connectivity index (χ2n) is 8.86. The molecular weight excluding hydrogens is 524 g/mol. The lowest BCUT2D eigenvalue weighted by Gasteiger charge is -2.16. The first-order valence-electron chi connectivity index (χ1n) is 12.7. The first kappa shape index (κ1) is 29.5. The lowest BCUT2D eigenvalue weighted by atomic mass is 10.1. The summed E-state index contributed by atoms with van der Waals surface area (Å²) in [7, 11) is 0. The summed E-state index contributed by atoms with van der Waals surface area (Å²) in [5, 5.41) is 9.30. The molecule has 3 aromatic rings. The smallest absolute Gasteiger partial charge is 0.408 e. The minimum Gasteiger partial charge on any atom is -0.464 e. The van der Waals surface area contributed by atoms with Crippen molar-refractivity contribution in [1.82, 2.24) is 16.0 Å². The molecule has 2 heterocycles. The van der Waals surface area contributed by atoms with E-state index in [-0.39, 0.29) is 37.9 Å². The maximum absolute atomic E-state index is 12.5. The van der Waals surface area contributed by atoms with Crippen LogP contribution in [-0.2, 0) is 38.5 Å². The minimum atomic E-state index is -0.974. The third-order valence-corrected chi connectivity index (χ3v) is 5.91. The van der Waals surface area contributed by atoms with Crippen molar-refractivity contribution < 1.29 is 28.3 Å². The third-order valence-electron chi connectivity index (χ3n) is 5.91. The van der Waals surface area contributed by atoms with Crippen LogP contribution in [0.1, 0.15) is 36.7 Å². The molecule has 0 fully saturated rings. The Hall–Kier alpha value is -4.05. The molecule has 4 rings (SSSR count). The van der Waals surface area contributed by atoms with Crippen molar-refractivity contribution in [3.8, 4) is 0 Å². The molecule has 0 radical (unpaired) electrons. The summed E-state index contributed by atoms with van der Waals surface area (Å²) in [6.07, 6.45) is 1.20. The highest BCUT2D eigenvalue weighted by molar-refractivity contribution is 5.97. The number of aryl methyl sites for hydroxylation is 1. The molecule has 208 valence electrons. The highest BCUT2D eigenvalue weighted by Crippen LogP contribution is 2.23. The van der Waals surface area contributed by atoms with Gasteiger partial charge in [0.2, 0.25) is 5.91 Å². The lowest BCUT2D eigenvalue weighted by molar-refractivity contribution is -0.145. The minimum absolute atomic E-state index is 0. The molecule has 2 aromatic carbocycles. The van der Waals surface area contributed by atoms with Crippen LogP contribution < -0.4 is 16.0 Å². The van der Waals surface area contributed by atoms with Crippen LogP contribution in [0.15, 0.2) is 64.0 Å². The van der Waals surface area contributed by atoms with Gasteiger partial charge in [0.05, 0.1) is 6.61 Å². The van der Waals surface area contributed by atoms with Gasteiger partial charge in [-0.1, -0.05) is 36.4 Å². The summed E-state index contributed by atoms with van der Waals surface area (Å²) in [6, 6.07) is 15.8. The number of fused-ring (bicyclic) bond motifs is 1. The molecule has 0 aliphatic carbocycles. The van der Waals surface area contributed by atoms with Gasteiger partial charge in [0.25, 0.3) is 0 Å². The number of carbonyl (C=O) groups excluding carboxylic acids is 3. The Morgan fingerprint density at radius 1 is 1.08 bits per heavy atom. The number of aliphatic imine (C=N–C) groups is 1. The van der Waals surface area contributed by atoms with E-state index < -0.39 is 18.1 Å². The first-order chi connectivity index (χ1) is 18.5. The quantitative estimate of drug-likeness (QED) is 0.325. The number of guanidine groups is 1. The molecule has 0 saturated heterocycles. The van der Waals surface area contributed by atoms with Crippen LogP contribution >= 0.6 is 12.4 Å². The molecule has 1 aromatic heterocycles. The van der Waals surface area contributed by atoms with Crippen molar-refractivity contribution in [3.05, 3.63) is 71.5 Å². The molecule has 39 heavy (non-hydrogen) atoms. The van der Waals surface area contributed by atoms with Gasteiger partial charge in [-0.05, 0) is 49.1 Å². The third kappa shape index (κ3) is 9.03. The lowest BCUT2D eigenvalue weighted by Crippen LogP contribution is -2.43. The summed E-state index contributed by atoms with van der Waals surface area (Å²) < 4.78 is 16.3. The highest BCUT2D eigenvalue weighted by Gasteiger charge is 2.25. The number of furan rings is 1. The molecule has 0 bridgehead atoms. The van der Waals surface area contributed by atoms with E-state index in [9.17, 15) is 14.4 Å². The van der Waals surface area contributed by atoms with Crippen LogP contribution in [-0.4, -0.2) is 49.7 Å². The predicted molar refractivity (Wildman–Crippen MR) is 149 cm³/mol. The highest BCUT2D eigenvalue weighted by atomic mass is 35.5. The van der Waals surface area contributed by atoms with Crippen molar-refractivity contribution in [2.24, 2.45) is 4.99 Å². The molecule has 10 nitrogen and oxygen atoms in total. The van der Waals surface area contributed by atoms with Gasteiger partial charge in [0.1, 0.15) is 24.0 Å². The Balaban J connectivity index is 0.00000420. The molecular formula is C28H33ClN4O6. The molecule has 1 unspecified atom stereocenters. The van der Waals surface area contributed by atoms with Gasteiger partial charge in [0, 0.05) is 31.3 Å². The first-order valence-corrected chi connectivity index (χ1v) is 12.7. The average molecular weight is 557 g/mol. The number of alkyl carbamates (subject to hydrolysis) is 1. The van der Waals surface area contributed by atoms with Crippen LogP contribution in [0.5, 0.6) is 0 Å². The predicted octanol–water partition coefficient (Wildman–Crippen LogP) is 3.65. The van der Waals surface area contributed by atoms with E-state index in [1.165, 1.54) is 0 Å². The number of hydrogen-bond acceptors (Lipinski definition) is 8. The number of carbonyl (C=O) groups is 3. The fraction of sp³-hybridized carbons (Fsp3) is 0.357. The molecule has 0 spiro atoms. The van der Waals surface area contributed by atoms with Crippen LogP contribution in [0.4, 0.5) is 4.79 Å². The van der Waals surface area contributed by atoms with Crippen molar-refractivity contribution in [1.29, 1.82) is 0 Å². The van der Waals surface area contributed by atoms with E-state index in [0.717, 1.165) is 29.5 Å². The fourth-order valence-electron chi connectivity index (χ4n) is 4.02. The van der Waals surface area contributed by atoms with Crippen molar-refractivity contribution >= 4 is 47.3 Å². The maximum Gasteiger partial charge on any atom is 0.408 e. The number of nitrogens with one attached hydrogen (secondary N) is 3. The Labute approximate surface area is 232 Å². The largest absolute Gasteiger partial charge is 0.464 e. The van der Waals surface area contributed by atoms with Crippen molar-refractivity contribution in [2.45, 2.75) is 45.3 Å². The zero-order valence-electron chi connectivity index (χ0n) is 21.7. The Morgan fingerprint density at radius 2 is 1.90 bits per heavy atom. The van der Waals surface area contributed by atoms with Crippen LogP contribution in [0.3, 0.4) is 0 Å². The Bertz CT molecular complexity index is 1290. The van der Waals surface area contributed by atoms with Gasteiger partial charge in [-0.3, -0.25) is 15.1 Å². The van der Waals surface area contributed by atoms with E-state index in [2.05, 4.69) is 20.9 Å². The monoisotopic (exact) mass is 556 g/mol. The van der Waals surface area contributed by atoms with E-state index in [1.54, 1.807) is 6.92 Å². The Kier molecular flexibility index (Phi) is 11.2. The summed E-state index contributed by atoms with van der Waals surface area (Å²) >= 11 is 0. The summed E-state index contributed by atoms with van der Waals surface area (Å²) in [6.45, 7) is 3.48. The number of esters is 1. The number of amides is 2. The Morgan fingerprint density at radius 3 is 2.64 bits per heavy atom. The van der Waals surface area contributed by atoms with E-state index in [0.29, 0.717) is 36.7 Å². The van der Waals surface area contributed by atoms with Gasteiger partial charge in [-0.2, -0.15) is 0 Å². The maximum atomic E-state index is 12.5. The molecule has 3 N–H and O–H groups in total. The van der Waals surface area contributed by atoms with Crippen LogP contribution in [0.2, 0.25) is 0 Å². The van der Waals surface area contributed by atoms with Crippen molar-refractivity contribution in [3.63, 3.8) is 0 Å². The molecule has 2 amide bonds. The number of benzene rings is 2. The van der Waals surface area contributed by atoms with Crippen LogP contribution in [0, 0.1) is 0 Å².